The van der Waals surface area contributed by atoms with E-state index < -0.39 is 84.1 Å². The number of methoxy groups -OCH3 is 1. The van der Waals surface area contributed by atoms with Crippen molar-refractivity contribution in [1.82, 2.24) is 20.9 Å². The number of carboxylic acids is 2. The minimum absolute atomic E-state index is 0.0591. The lowest BCUT2D eigenvalue weighted by molar-refractivity contribution is -0.148. The predicted molar refractivity (Wildman–Crippen MR) is 193 cm³/mol. The number of hydrogen-bond acceptors (Lipinski definition) is 8. The average Bonchev–Trinajstić information content (AvgIpc) is 3.11. The number of benzene rings is 2. The van der Waals surface area contributed by atoms with Crippen LogP contribution in [0.5, 0.6) is 0 Å². The van der Waals surface area contributed by atoms with Crippen LogP contribution >= 0.6 is 0 Å². The first-order valence-electron chi connectivity index (χ1n) is 17.8. The lowest BCUT2D eigenvalue weighted by Gasteiger charge is -2.42. The van der Waals surface area contributed by atoms with Crippen molar-refractivity contribution in [2.75, 3.05) is 13.7 Å². The summed E-state index contributed by atoms with van der Waals surface area (Å²) in [5.41, 5.74) is 6.58. The third kappa shape index (κ3) is 13.0. The van der Waals surface area contributed by atoms with Crippen molar-refractivity contribution in [2.24, 2.45) is 11.7 Å². The minimum atomic E-state index is -1.40. The van der Waals surface area contributed by atoms with Gasteiger partial charge in [-0.15, -0.1) is 0 Å². The summed E-state index contributed by atoms with van der Waals surface area (Å²) in [4.78, 5) is 91.4. The lowest BCUT2D eigenvalue weighted by atomic mass is 9.90. The maximum atomic E-state index is 14.3. The van der Waals surface area contributed by atoms with Crippen molar-refractivity contribution < 1.29 is 48.5 Å². The second kappa shape index (κ2) is 20.7. The topological polar surface area (TPSA) is 235 Å². The van der Waals surface area contributed by atoms with Crippen LogP contribution < -0.4 is 21.7 Å². The fourth-order valence-corrected chi connectivity index (χ4v) is 6.54. The highest BCUT2D eigenvalue weighted by atomic mass is 16.5. The highest BCUT2D eigenvalue weighted by Gasteiger charge is 2.40. The number of carbonyl (C=O) groups is 7. The second-order valence-corrected chi connectivity index (χ2v) is 13.6. The molecule has 1 fully saturated rings. The molecule has 1 heterocycles. The first-order chi connectivity index (χ1) is 25.2. The number of nitrogens with one attached hydrogen (secondary N) is 3. The van der Waals surface area contributed by atoms with Gasteiger partial charge in [0.15, 0.2) is 0 Å². The number of ether oxygens (including phenoxy) is 1. The third-order valence-electron chi connectivity index (χ3n) is 9.14. The molecule has 1 aliphatic rings. The van der Waals surface area contributed by atoms with E-state index >= 15 is 0 Å². The number of nitrogens with two attached hydrogens (primary N) is 1. The van der Waals surface area contributed by atoms with E-state index in [4.69, 9.17) is 10.5 Å². The minimum Gasteiger partial charge on any atom is -0.481 e. The molecular formula is C38H51N5O10. The number of primary amides is 1. The second-order valence-electron chi connectivity index (χ2n) is 13.6. The van der Waals surface area contributed by atoms with Gasteiger partial charge in [-0.2, -0.15) is 0 Å². The molecule has 7 N–H and O–H groups in total. The summed E-state index contributed by atoms with van der Waals surface area (Å²) < 4.78 is 5.62. The molecule has 0 spiro atoms. The molecule has 0 aliphatic carbocycles. The van der Waals surface area contributed by atoms with Crippen molar-refractivity contribution in [3.63, 3.8) is 0 Å². The Morgan fingerprint density at radius 3 is 1.89 bits per heavy atom. The Kier molecular flexibility index (Phi) is 16.4. The standard InChI is InChI=1S/C38H51N5O10/c1-23(2)21-28(42-36(49)34(24-11-6-4-7-12-24)25-13-8-5-9-14-25)35(48)41-26(17-19-33(46)47)37(50)43-20-10-15-30(53-3)29(43)22-32(45)40-27(38(51)52)16-18-31(39)44/h4-9,11-14,23,26-30,34H,10,15-22H2,1-3H3,(H2,39,44)(H,40,45)(H,41,48)(H,42,49)(H,46,47)(H,51,52)/t26-,27-,28-,29-,30-/m0/s1. The molecular weight excluding hydrogens is 686 g/mol. The van der Waals surface area contributed by atoms with Crippen molar-refractivity contribution in [3.8, 4) is 0 Å². The summed E-state index contributed by atoms with van der Waals surface area (Å²) in [5, 5.41) is 27.1. The number of piperidine rings is 1. The molecule has 0 radical (unpaired) electrons. The Bertz CT molecular complexity index is 1530. The summed E-state index contributed by atoms with van der Waals surface area (Å²) in [6.45, 7) is 3.91. The van der Waals surface area contributed by atoms with Crippen LogP contribution in [0.4, 0.5) is 0 Å². The zero-order valence-corrected chi connectivity index (χ0v) is 30.4. The molecule has 1 aliphatic heterocycles. The van der Waals surface area contributed by atoms with E-state index in [0.29, 0.717) is 24.0 Å². The maximum Gasteiger partial charge on any atom is 0.326 e. The van der Waals surface area contributed by atoms with Gasteiger partial charge in [-0.3, -0.25) is 28.8 Å². The number of hydrogen-bond donors (Lipinski definition) is 6. The lowest BCUT2D eigenvalue weighted by Crippen LogP contribution is -2.60. The van der Waals surface area contributed by atoms with Gasteiger partial charge in [-0.1, -0.05) is 74.5 Å². The molecule has 15 nitrogen and oxygen atoms in total. The summed E-state index contributed by atoms with van der Waals surface area (Å²) in [6.07, 6.45) is -1.08. The van der Waals surface area contributed by atoms with E-state index in [-0.39, 0.29) is 44.6 Å². The Labute approximate surface area is 309 Å². The third-order valence-corrected chi connectivity index (χ3v) is 9.14. The van der Waals surface area contributed by atoms with E-state index in [0.717, 1.165) is 0 Å². The average molecular weight is 738 g/mol. The van der Waals surface area contributed by atoms with E-state index in [1.54, 1.807) is 0 Å². The summed E-state index contributed by atoms with van der Waals surface area (Å²) >= 11 is 0. The number of carbonyl (C=O) groups excluding carboxylic acids is 5. The Morgan fingerprint density at radius 1 is 0.811 bits per heavy atom. The number of amides is 5. The number of likely N-dealkylation sites (tertiary alicyclic amines) is 1. The van der Waals surface area contributed by atoms with Gasteiger partial charge in [0.1, 0.15) is 18.1 Å². The molecule has 2 aromatic rings. The summed E-state index contributed by atoms with van der Waals surface area (Å²) in [5.74, 6) is -6.57. The number of carboxylic acid groups (broad SMARTS) is 2. The zero-order chi connectivity index (χ0) is 39.1. The molecule has 3 rings (SSSR count). The fourth-order valence-electron chi connectivity index (χ4n) is 6.54. The SMILES string of the molecule is CO[C@H]1CCCN(C(=O)[C@H](CCC(=O)O)NC(=O)[C@H](CC(C)C)NC(=O)C(c2ccccc2)c2ccccc2)[C@H]1CC(=O)N[C@@H](CCC(N)=O)C(=O)O. The van der Waals surface area contributed by atoms with Crippen molar-refractivity contribution >= 4 is 41.5 Å². The highest BCUT2D eigenvalue weighted by molar-refractivity contribution is 5.95. The van der Waals surface area contributed by atoms with Gasteiger partial charge < -0.3 is 41.5 Å². The monoisotopic (exact) mass is 737 g/mol. The van der Waals surface area contributed by atoms with Crippen LogP contribution in [0, 0.1) is 5.92 Å². The molecule has 288 valence electrons. The van der Waals surface area contributed by atoms with Crippen LogP contribution in [0.25, 0.3) is 0 Å². The van der Waals surface area contributed by atoms with E-state index in [9.17, 15) is 43.8 Å². The fraction of sp³-hybridized carbons (Fsp3) is 0.500. The normalized spacial score (nSPS) is 17.3. The number of nitrogens with zero attached hydrogens (tertiary/aromatic N) is 1. The van der Waals surface area contributed by atoms with Gasteiger partial charge in [0.05, 0.1) is 18.1 Å². The summed E-state index contributed by atoms with van der Waals surface area (Å²) in [6, 6.07) is 13.5. The molecule has 0 bridgehead atoms. The predicted octanol–water partition coefficient (Wildman–Crippen LogP) is 1.93. The Hall–Kier alpha value is -5.31. The van der Waals surface area contributed by atoms with Gasteiger partial charge in [-0.05, 0) is 49.1 Å². The molecule has 0 aromatic heterocycles. The molecule has 5 atom stereocenters. The van der Waals surface area contributed by atoms with E-state index in [1.165, 1.54) is 12.0 Å². The van der Waals surface area contributed by atoms with Crippen LogP contribution in [0.3, 0.4) is 0 Å². The van der Waals surface area contributed by atoms with Gasteiger partial charge in [-0.25, -0.2) is 4.79 Å². The first kappa shape index (κ1) is 42.1. The maximum absolute atomic E-state index is 14.3. The van der Waals surface area contributed by atoms with Crippen LogP contribution in [0.2, 0.25) is 0 Å². The number of rotatable bonds is 20. The molecule has 1 saturated heterocycles. The van der Waals surface area contributed by atoms with Crippen LogP contribution in [-0.4, -0.2) is 101 Å². The van der Waals surface area contributed by atoms with E-state index in [2.05, 4.69) is 16.0 Å². The van der Waals surface area contributed by atoms with Crippen molar-refractivity contribution in [1.29, 1.82) is 0 Å². The van der Waals surface area contributed by atoms with E-state index in [1.807, 2.05) is 74.5 Å². The quantitative estimate of drug-likeness (QED) is 0.116. The smallest absolute Gasteiger partial charge is 0.326 e. The molecule has 15 heteroatoms. The van der Waals surface area contributed by atoms with Gasteiger partial charge in [0.2, 0.25) is 29.5 Å². The Morgan fingerprint density at radius 2 is 1.38 bits per heavy atom. The highest BCUT2D eigenvalue weighted by Crippen LogP contribution is 2.27. The number of aliphatic carboxylic acids is 2. The Balaban J connectivity index is 1.87. The van der Waals surface area contributed by atoms with Crippen LogP contribution in [0.15, 0.2) is 60.7 Å². The zero-order valence-electron chi connectivity index (χ0n) is 30.4. The first-order valence-corrected chi connectivity index (χ1v) is 17.8. The van der Waals surface area contributed by atoms with Gasteiger partial charge >= 0.3 is 11.9 Å². The molecule has 5 amide bonds. The van der Waals surface area contributed by atoms with Gasteiger partial charge in [0.25, 0.3) is 0 Å². The van der Waals surface area contributed by atoms with Crippen LogP contribution in [-0.2, 0) is 38.3 Å². The van der Waals surface area contributed by atoms with Crippen LogP contribution in [0.1, 0.15) is 82.3 Å². The largest absolute Gasteiger partial charge is 0.481 e. The van der Waals surface area contributed by atoms with Crippen molar-refractivity contribution in [2.45, 2.75) is 101 Å². The molecule has 0 saturated carbocycles. The van der Waals surface area contributed by atoms with Gasteiger partial charge in [0, 0.05) is 32.9 Å². The molecule has 0 unspecified atom stereocenters. The molecule has 2 aromatic carbocycles. The van der Waals surface area contributed by atoms with Crippen molar-refractivity contribution in [3.05, 3.63) is 71.8 Å². The molecule has 53 heavy (non-hydrogen) atoms. The summed E-state index contributed by atoms with van der Waals surface area (Å²) in [7, 11) is 1.41.